The van der Waals surface area contributed by atoms with Crippen molar-refractivity contribution in [2.75, 3.05) is 0 Å². The van der Waals surface area contributed by atoms with Gasteiger partial charge in [-0.1, -0.05) is 55.7 Å². The summed E-state index contributed by atoms with van der Waals surface area (Å²) in [5, 5.41) is 0. The van der Waals surface area contributed by atoms with Crippen LogP contribution in [0.25, 0.3) is 0 Å². The summed E-state index contributed by atoms with van der Waals surface area (Å²) in [5.74, 6) is 0. The molecule has 86 valence electrons. The molecule has 0 amide bonds. The van der Waals surface area contributed by atoms with E-state index in [0.29, 0.717) is 0 Å². The molecule has 0 nitrogen and oxygen atoms in total. The Kier molecular flexibility index (Phi) is 30.5. The van der Waals surface area contributed by atoms with Crippen LogP contribution in [-0.2, 0) is 4.55 Å². The van der Waals surface area contributed by atoms with Crippen molar-refractivity contribution in [1.82, 2.24) is 0 Å². The average Bonchev–Trinajstić information content (AvgIpc) is 2.14. The third-order valence-electron chi connectivity index (χ3n) is 2.16. The van der Waals surface area contributed by atoms with Gasteiger partial charge >= 0.3 is 37.7 Å². The van der Waals surface area contributed by atoms with Crippen LogP contribution in [0.2, 0.25) is 4.55 Å². The number of hydrogen-bond donors (Lipinski definition) is 0. The number of benzene rings is 1. The summed E-state index contributed by atoms with van der Waals surface area (Å²) in [6.45, 7) is 2.27. The fourth-order valence-electron chi connectivity index (χ4n) is 1.40. The first kappa shape index (κ1) is 26.1. The maximum atomic E-state index is 2.27. The van der Waals surface area contributed by atoms with Gasteiger partial charge in [-0.2, -0.15) is 0 Å². The van der Waals surface area contributed by atoms with Gasteiger partial charge in [-0.05, 0) is 0 Å². The van der Waals surface area contributed by atoms with Crippen molar-refractivity contribution in [3.05, 3.63) is 35.9 Å². The molecule has 0 fully saturated rings. The van der Waals surface area contributed by atoms with Gasteiger partial charge in [-0.3, -0.25) is 0 Å². The second-order valence-electron chi connectivity index (χ2n) is 3.30. The van der Waals surface area contributed by atoms with Gasteiger partial charge in [0.15, 0.2) is 0 Å². The Balaban J connectivity index is -0.000000180. The van der Waals surface area contributed by atoms with E-state index in [1.807, 2.05) is 0 Å². The average molecular weight is 306 g/mol. The standard InChI is InChI=1S/C7H7.C4H9.Al.3ClH.Mg/c1-7-5-3-2-4-6-7;1-3-4-2;;;;;/h2-6H,1H2;1,3-4H2,2H3;;3*1H;/q;;+3;;;;/p-3. The largest absolute Gasteiger partial charge is 3.00 e. The minimum Gasteiger partial charge on any atom is -1.00 e. The fourth-order valence-corrected chi connectivity index (χ4v) is 3.25. The van der Waals surface area contributed by atoms with Crippen LogP contribution in [0.15, 0.2) is 30.3 Å². The Morgan fingerprint density at radius 1 is 1.00 bits per heavy atom. The smallest absolute Gasteiger partial charge is 1.00 e. The molecule has 0 aliphatic heterocycles. The van der Waals surface area contributed by atoms with E-state index in [0.717, 1.165) is 0 Å². The summed E-state index contributed by atoms with van der Waals surface area (Å²) in [6.07, 6.45) is 2.81. The van der Waals surface area contributed by atoms with E-state index in [9.17, 15) is 0 Å². The molecule has 0 atom stereocenters. The van der Waals surface area contributed by atoms with E-state index in [4.69, 9.17) is 0 Å². The molecule has 5 heteroatoms. The molecule has 0 N–H and O–H groups in total. The van der Waals surface area contributed by atoms with Gasteiger partial charge < -0.3 is 37.2 Å². The molecule has 0 unspecified atom stereocenters. The molecule has 0 aliphatic carbocycles. The monoisotopic (exact) mass is 304 g/mol. The van der Waals surface area contributed by atoms with Crippen LogP contribution in [-0.4, -0.2) is 37.7 Å². The van der Waals surface area contributed by atoms with Crippen LogP contribution in [0.5, 0.6) is 0 Å². The maximum absolute atomic E-state index is 2.27. The summed E-state index contributed by atoms with van der Waals surface area (Å²) < 4.78 is 2.91. The third kappa shape index (κ3) is 13.5. The number of unbranched alkanes of at least 4 members (excludes halogenated alkanes) is 1. The summed E-state index contributed by atoms with van der Waals surface area (Å²) in [4.78, 5) is 0. The first-order valence-electron chi connectivity index (χ1n) is 4.97. The molecule has 0 aliphatic rings. The van der Waals surface area contributed by atoms with Gasteiger partial charge in [0, 0.05) is 0 Å². The predicted molar refractivity (Wildman–Crippen MR) is 61.4 cm³/mol. The molecule has 0 heterocycles. The molecule has 0 aromatic heterocycles. The Labute approximate surface area is 138 Å². The van der Waals surface area contributed by atoms with E-state index in [1.54, 1.807) is 5.56 Å². The summed E-state index contributed by atoms with van der Waals surface area (Å²) in [5.41, 5.74) is 1.54. The Bertz CT molecular complexity index is 210. The Morgan fingerprint density at radius 2 is 1.56 bits per heavy atom. The summed E-state index contributed by atoms with van der Waals surface area (Å²) in [6, 6.07) is 10.9. The molecule has 0 spiro atoms. The normalized spacial score (nSPS) is 7.06. The topological polar surface area (TPSA) is 0 Å². The van der Waals surface area contributed by atoms with Crippen molar-refractivity contribution in [1.29, 1.82) is 0 Å². The third-order valence-corrected chi connectivity index (χ3v) is 4.09. The molecule has 0 radical (unpaired) electrons. The van der Waals surface area contributed by atoms with Gasteiger partial charge in [0.1, 0.15) is 0 Å². The van der Waals surface area contributed by atoms with Crippen molar-refractivity contribution >= 4 is 37.7 Å². The van der Waals surface area contributed by atoms with Crippen LogP contribution >= 0.6 is 0 Å². The minimum atomic E-state index is 0. The van der Waals surface area contributed by atoms with Gasteiger partial charge in [0.05, 0.1) is 0 Å². The second kappa shape index (κ2) is 18.7. The molecule has 0 bridgehead atoms. The molecule has 0 saturated carbocycles. The van der Waals surface area contributed by atoms with Gasteiger partial charge in [0.2, 0.25) is 0 Å². The van der Waals surface area contributed by atoms with E-state index in [-0.39, 0.29) is 74.9 Å². The number of hydrogen-bond acceptors (Lipinski definition) is 0. The zero-order chi connectivity index (χ0) is 8.65. The van der Waals surface area contributed by atoms with E-state index >= 15 is 0 Å². The van der Waals surface area contributed by atoms with Crippen molar-refractivity contribution in [3.63, 3.8) is 0 Å². The Morgan fingerprint density at radius 3 is 2.06 bits per heavy atom. The molecule has 1 aromatic carbocycles. The van der Waals surface area contributed by atoms with Gasteiger partial charge in [-0.25, -0.2) is 0 Å². The fraction of sp³-hybridized carbons (Fsp3) is 0.455. The van der Waals surface area contributed by atoms with E-state index < -0.39 is 0 Å². The van der Waals surface area contributed by atoms with Crippen LogP contribution in [0.4, 0.5) is 0 Å². The summed E-state index contributed by atoms with van der Waals surface area (Å²) >= 11 is 0.202. The van der Waals surface area contributed by atoms with Crippen molar-refractivity contribution in [2.45, 2.75) is 28.9 Å². The van der Waals surface area contributed by atoms with E-state index in [1.165, 1.54) is 21.9 Å². The Hall–Kier alpha value is 1.39. The number of halogens is 3. The first-order chi connectivity index (χ1) is 5.93. The van der Waals surface area contributed by atoms with Crippen molar-refractivity contribution in [3.8, 4) is 0 Å². The van der Waals surface area contributed by atoms with Crippen molar-refractivity contribution < 1.29 is 37.2 Å². The molecule has 1 rings (SSSR count). The molecular weight excluding hydrogens is 290 g/mol. The van der Waals surface area contributed by atoms with Gasteiger partial charge in [0.25, 0.3) is 0 Å². The molecule has 16 heavy (non-hydrogen) atoms. The van der Waals surface area contributed by atoms with Crippen LogP contribution < -0.4 is 37.2 Å². The molecular formula is C11H16AlCl3Mg. The molecule has 1 aromatic rings. The van der Waals surface area contributed by atoms with Crippen LogP contribution in [0.3, 0.4) is 0 Å². The zero-order valence-corrected chi connectivity index (χ0v) is 14.5. The predicted octanol–water partition coefficient (Wildman–Crippen LogP) is -6.26. The minimum absolute atomic E-state index is 0. The zero-order valence-electron chi connectivity index (χ0n) is 9.63. The van der Waals surface area contributed by atoms with E-state index in [2.05, 4.69) is 37.3 Å². The second-order valence-corrected chi connectivity index (χ2v) is 5.21. The first-order valence-corrected chi connectivity index (χ1v) is 6.97. The van der Waals surface area contributed by atoms with Crippen molar-refractivity contribution in [2.24, 2.45) is 0 Å². The van der Waals surface area contributed by atoms with Crippen LogP contribution in [0, 0.1) is 0 Å². The number of rotatable bonds is 5. The van der Waals surface area contributed by atoms with Gasteiger partial charge in [-0.15, -0.1) is 9.10 Å². The quantitative estimate of drug-likeness (QED) is 0.375. The maximum Gasteiger partial charge on any atom is 3.00 e. The molecule has 0 saturated heterocycles. The van der Waals surface area contributed by atoms with Crippen LogP contribution in [0.1, 0.15) is 25.3 Å². The summed E-state index contributed by atoms with van der Waals surface area (Å²) in [7, 11) is 0. The SMILES string of the molecule is CCC[CH2][Mg][CH2]c1ccccc1.[Al+3].[Cl-].[Cl-].[Cl-].